The first-order valence-electron chi connectivity index (χ1n) is 11.0. The summed E-state index contributed by atoms with van der Waals surface area (Å²) in [5, 5.41) is 1.12. The number of nitrogens with one attached hydrogen (secondary N) is 1. The summed E-state index contributed by atoms with van der Waals surface area (Å²) in [6.45, 7) is 2.88. The molecule has 3 aromatic rings. The van der Waals surface area contributed by atoms with Crippen LogP contribution in [-0.2, 0) is 16.0 Å². The van der Waals surface area contributed by atoms with Gasteiger partial charge in [0.15, 0.2) is 0 Å². The number of hydrogen-bond acceptors (Lipinski definition) is 3. The maximum Gasteiger partial charge on any atom is 0.246 e. The number of ether oxygens (including phenoxy) is 1. The van der Waals surface area contributed by atoms with Gasteiger partial charge in [-0.1, -0.05) is 43.7 Å². The van der Waals surface area contributed by atoms with E-state index in [9.17, 15) is 9.59 Å². The van der Waals surface area contributed by atoms with Gasteiger partial charge in [-0.05, 0) is 35.7 Å². The maximum atomic E-state index is 13.5. The van der Waals surface area contributed by atoms with E-state index in [1.807, 2.05) is 42.5 Å². The third-order valence-corrected chi connectivity index (χ3v) is 6.53. The van der Waals surface area contributed by atoms with E-state index in [-0.39, 0.29) is 24.4 Å². The van der Waals surface area contributed by atoms with Crippen molar-refractivity contribution < 1.29 is 14.3 Å². The molecule has 5 rings (SSSR count). The molecule has 2 aliphatic rings. The smallest absolute Gasteiger partial charge is 0.246 e. The lowest BCUT2D eigenvalue weighted by Gasteiger charge is -2.47. The summed E-state index contributed by atoms with van der Waals surface area (Å²) >= 11 is 0. The van der Waals surface area contributed by atoms with E-state index in [1.54, 1.807) is 16.9 Å². The number of methoxy groups -OCH3 is 1. The van der Waals surface area contributed by atoms with Crippen LogP contribution in [0.25, 0.3) is 10.9 Å². The van der Waals surface area contributed by atoms with Crippen LogP contribution in [0.3, 0.4) is 0 Å². The van der Waals surface area contributed by atoms with Gasteiger partial charge in [0.1, 0.15) is 11.8 Å². The highest BCUT2D eigenvalue weighted by molar-refractivity contribution is 5.97. The highest BCUT2D eigenvalue weighted by Crippen LogP contribution is 2.43. The number of benzene rings is 2. The van der Waals surface area contributed by atoms with Gasteiger partial charge in [-0.2, -0.15) is 0 Å². The predicted octanol–water partition coefficient (Wildman–Crippen LogP) is 3.66. The SMILES string of the molecule is CCCCN1CC(=O)N2C(Cc3c([nH]c4ccccc34)C2c2cccc(OC)c2)C1=O. The Morgan fingerprint density at radius 1 is 1.13 bits per heavy atom. The molecule has 2 amide bonds. The minimum Gasteiger partial charge on any atom is -0.497 e. The fraction of sp³-hybridized carbons (Fsp3) is 0.360. The summed E-state index contributed by atoms with van der Waals surface area (Å²) in [7, 11) is 1.64. The van der Waals surface area contributed by atoms with E-state index in [1.165, 1.54) is 0 Å². The highest BCUT2D eigenvalue weighted by atomic mass is 16.5. The summed E-state index contributed by atoms with van der Waals surface area (Å²) < 4.78 is 5.45. The van der Waals surface area contributed by atoms with E-state index in [0.29, 0.717) is 13.0 Å². The largest absolute Gasteiger partial charge is 0.497 e. The number of carbonyl (C=O) groups excluding carboxylic acids is 2. The van der Waals surface area contributed by atoms with Gasteiger partial charge in [0, 0.05) is 29.6 Å². The van der Waals surface area contributed by atoms with Crippen molar-refractivity contribution in [1.29, 1.82) is 0 Å². The second-order valence-electron chi connectivity index (χ2n) is 8.38. The molecule has 160 valence electrons. The molecule has 1 fully saturated rings. The number of para-hydroxylation sites is 1. The van der Waals surface area contributed by atoms with Crippen LogP contribution in [0, 0.1) is 0 Å². The molecule has 2 unspecified atom stereocenters. The summed E-state index contributed by atoms with van der Waals surface area (Å²) in [6.07, 6.45) is 2.43. The molecule has 1 N–H and O–H groups in total. The first-order valence-corrected chi connectivity index (χ1v) is 11.0. The van der Waals surface area contributed by atoms with Crippen molar-refractivity contribution in [3.63, 3.8) is 0 Å². The molecule has 31 heavy (non-hydrogen) atoms. The predicted molar refractivity (Wildman–Crippen MR) is 119 cm³/mol. The number of unbranched alkanes of at least 4 members (excludes halogenated alkanes) is 1. The van der Waals surface area contributed by atoms with Crippen LogP contribution in [-0.4, -0.2) is 52.8 Å². The third kappa shape index (κ3) is 3.17. The van der Waals surface area contributed by atoms with Gasteiger partial charge in [-0.25, -0.2) is 0 Å². The summed E-state index contributed by atoms with van der Waals surface area (Å²) in [6, 6.07) is 15.1. The average molecular weight is 418 g/mol. The van der Waals surface area contributed by atoms with Crippen LogP contribution < -0.4 is 4.74 Å². The monoisotopic (exact) mass is 417 g/mol. The molecular weight excluding hydrogens is 390 g/mol. The van der Waals surface area contributed by atoms with E-state index in [4.69, 9.17) is 4.74 Å². The second-order valence-corrected chi connectivity index (χ2v) is 8.38. The van der Waals surface area contributed by atoms with Crippen molar-refractivity contribution in [3.05, 3.63) is 65.4 Å². The zero-order valence-corrected chi connectivity index (χ0v) is 17.9. The molecule has 0 saturated carbocycles. The molecule has 6 heteroatoms. The Morgan fingerprint density at radius 2 is 1.97 bits per heavy atom. The summed E-state index contributed by atoms with van der Waals surface area (Å²) in [4.78, 5) is 34.0. The van der Waals surface area contributed by atoms with Crippen LogP contribution >= 0.6 is 0 Å². The van der Waals surface area contributed by atoms with Crippen molar-refractivity contribution in [3.8, 4) is 5.75 Å². The topological polar surface area (TPSA) is 65.6 Å². The normalized spacial score (nSPS) is 20.7. The minimum absolute atomic E-state index is 0.00201. The molecule has 1 aromatic heterocycles. The van der Waals surface area contributed by atoms with Crippen LogP contribution in [0.4, 0.5) is 0 Å². The lowest BCUT2D eigenvalue weighted by Crippen LogP contribution is -2.63. The van der Waals surface area contributed by atoms with Gasteiger partial charge in [0.05, 0.1) is 19.7 Å². The molecule has 6 nitrogen and oxygen atoms in total. The number of hydrogen-bond donors (Lipinski definition) is 1. The van der Waals surface area contributed by atoms with Crippen molar-refractivity contribution in [1.82, 2.24) is 14.8 Å². The Kier molecular flexibility index (Phi) is 4.93. The van der Waals surface area contributed by atoms with Crippen LogP contribution in [0.2, 0.25) is 0 Å². The van der Waals surface area contributed by atoms with Gasteiger partial charge in [-0.15, -0.1) is 0 Å². The zero-order chi connectivity index (χ0) is 21.5. The molecular formula is C25H27N3O3. The number of carbonyl (C=O) groups is 2. The van der Waals surface area contributed by atoms with Crippen molar-refractivity contribution in [2.75, 3.05) is 20.2 Å². The van der Waals surface area contributed by atoms with Gasteiger partial charge >= 0.3 is 0 Å². The molecule has 3 heterocycles. The Morgan fingerprint density at radius 3 is 2.77 bits per heavy atom. The lowest BCUT2D eigenvalue weighted by atomic mass is 9.86. The maximum absolute atomic E-state index is 13.5. The third-order valence-electron chi connectivity index (χ3n) is 6.53. The fourth-order valence-corrected chi connectivity index (χ4v) is 5.02. The van der Waals surface area contributed by atoms with E-state index in [2.05, 4.69) is 18.0 Å². The van der Waals surface area contributed by atoms with Gasteiger partial charge in [0.25, 0.3) is 0 Å². The molecule has 0 spiro atoms. The number of rotatable bonds is 5. The molecule has 2 aliphatic heterocycles. The standard InChI is InChI=1S/C25H27N3O3/c1-3-4-12-27-15-22(29)28-21(25(27)30)14-19-18-10-5-6-11-20(18)26-23(19)24(28)16-8-7-9-17(13-16)31-2/h5-11,13,21,24,26H,3-4,12,14-15H2,1-2H3. The highest BCUT2D eigenvalue weighted by Gasteiger charge is 2.48. The van der Waals surface area contributed by atoms with E-state index in [0.717, 1.165) is 46.3 Å². The second kappa shape index (κ2) is 7.76. The minimum atomic E-state index is -0.485. The van der Waals surface area contributed by atoms with Gasteiger partial charge < -0.3 is 19.5 Å². The quantitative estimate of drug-likeness (QED) is 0.689. The van der Waals surface area contributed by atoms with E-state index >= 15 is 0 Å². The number of amides is 2. The number of H-pyrrole nitrogens is 1. The van der Waals surface area contributed by atoms with Crippen LogP contribution in [0.15, 0.2) is 48.5 Å². The van der Waals surface area contributed by atoms with Crippen molar-refractivity contribution in [2.24, 2.45) is 0 Å². The molecule has 2 atom stereocenters. The van der Waals surface area contributed by atoms with Crippen molar-refractivity contribution >= 4 is 22.7 Å². The average Bonchev–Trinajstić information content (AvgIpc) is 3.17. The van der Waals surface area contributed by atoms with Crippen LogP contribution in [0.5, 0.6) is 5.75 Å². The Hall–Kier alpha value is -3.28. The zero-order valence-electron chi connectivity index (χ0n) is 17.9. The lowest BCUT2D eigenvalue weighted by molar-refractivity contribution is -0.158. The van der Waals surface area contributed by atoms with Gasteiger partial charge in [0.2, 0.25) is 11.8 Å². The van der Waals surface area contributed by atoms with E-state index < -0.39 is 6.04 Å². The Balaban J connectivity index is 1.67. The molecule has 0 aliphatic carbocycles. The first-order chi connectivity index (χ1) is 15.1. The van der Waals surface area contributed by atoms with Gasteiger partial charge in [-0.3, -0.25) is 9.59 Å². The van der Waals surface area contributed by atoms with Crippen molar-refractivity contribution in [2.45, 2.75) is 38.3 Å². The number of aromatic nitrogens is 1. The number of aromatic amines is 1. The summed E-state index contributed by atoms with van der Waals surface area (Å²) in [5.41, 5.74) is 4.10. The number of nitrogens with zero attached hydrogens (tertiary/aromatic N) is 2. The molecule has 2 aromatic carbocycles. The first kappa shape index (κ1) is 19.7. The molecule has 1 saturated heterocycles. The number of piperazine rings is 1. The fourth-order valence-electron chi connectivity index (χ4n) is 5.02. The Labute approximate surface area is 181 Å². The molecule has 0 bridgehead atoms. The molecule has 0 radical (unpaired) electrons. The Bertz CT molecular complexity index is 1150. The number of fused-ring (bicyclic) bond motifs is 4. The van der Waals surface area contributed by atoms with Crippen LogP contribution in [0.1, 0.15) is 42.6 Å². The summed E-state index contributed by atoms with van der Waals surface area (Å²) in [5.74, 6) is 0.785.